The normalized spacial score (nSPS) is 13.9. The van der Waals surface area contributed by atoms with E-state index in [-0.39, 0.29) is 17.8 Å². The van der Waals surface area contributed by atoms with Gasteiger partial charge in [-0.1, -0.05) is 36.4 Å². The number of hydrogen-bond acceptors (Lipinski definition) is 2. The molecule has 0 aliphatic heterocycles. The van der Waals surface area contributed by atoms with Gasteiger partial charge in [0.05, 0.1) is 0 Å². The second kappa shape index (κ2) is 7.36. The van der Waals surface area contributed by atoms with Crippen LogP contribution in [0.15, 0.2) is 48.5 Å². The van der Waals surface area contributed by atoms with E-state index in [0.717, 1.165) is 5.56 Å². The fraction of sp³-hybridized carbons (Fsp3) is 0.333. The number of rotatable bonds is 6. The summed E-state index contributed by atoms with van der Waals surface area (Å²) in [5.41, 5.74) is 3.37. The molecule has 0 aliphatic rings. The molecule has 2 nitrogen and oxygen atoms in total. The minimum Gasteiger partial charge on any atom is -0.435 e. The largest absolute Gasteiger partial charge is 0.435 e. The van der Waals surface area contributed by atoms with Crippen LogP contribution >= 0.6 is 0 Å². The highest BCUT2D eigenvalue weighted by Crippen LogP contribution is 2.24. The Bertz CT molecular complexity index is 616. The highest BCUT2D eigenvalue weighted by atomic mass is 19.3. The maximum Gasteiger partial charge on any atom is 0.387 e. The number of hydrogen-bond donors (Lipinski definition) is 1. The van der Waals surface area contributed by atoms with Gasteiger partial charge in [-0.15, -0.1) is 0 Å². The molecule has 0 aliphatic carbocycles. The van der Waals surface area contributed by atoms with E-state index in [1.165, 1.54) is 17.2 Å². The van der Waals surface area contributed by atoms with Crippen LogP contribution in [0.2, 0.25) is 0 Å². The molecule has 0 fully saturated rings. The van der Waals surface area contributed by atoms with Gasteiger partial charge >= 0.3 is 6.61 Å². The Morgan fingerprint density at radius 2 is 1.68 bits per heavy atom. The molecule has 0 spiro atoms. The van der Waals surface area contributed by atoms with Gasteiger partial charge in [-0.2, -0.15) is 8.78 Å². The van der Waals surface area contributed by atoms with Crippen LogP contribution in [0.25, 0.3) is 0 Å². The lowest BCUT2D eigenvalue weighted by Crippen LogP contribution is -2.23. The Kier molecular flexibility index (Phi) is 5.50. The van der Waals surface area contributed by atoms with E-state index in [4.69, 9.17) is 0 Å². The second-order valence-electron chi connectivity index (χ2n) is 5.42. The smallest absolute Gasteiger partial charge is 0.387 e. The molecule has 0 amide bonds. The van der Waals surface area contributed by atoms with E-state index in [1.807, 2.05) is 25.1 Å². The first kappa shape index (κ1) is 16.4. The third-order valence-corrected chi connectivity index (χ3v) is 3.74. The van der Waals surface area contributed by atoms with E-state index in [2.05, 4.69) is 36.0 Å². The van der Waals surface area contributed by atoms with Gasteiger partial charge in [-0.05, 0) is 49.6 Å². The van der Waals surface area contributed by atoms with Gasteiger partial charge in [0.2, 0.25) is 0 Å². The molecule has 2 atom stereocenters. The molecule has 0 bridgehead atoms. The van der Waals surface area contributed by atoms with Gasteiger partial charge in [0.1, 0.15) is 5.75 Å². The molecule has 2 aromatic carbocycles. The van der Waals surface area contributed by atoms with E-state index in [9.17, 15) is 8.78 Å². The maximum atomic E-state index is 12.3. The molecule has 0 saturated heterocycles. The predicted molar refractivity (Wildman–Crippen MR) is 84.2 cm³/mol. The van der Waals surface area contributed by atoms with Crippen molar-refractivity contribution >= 4 is 0 Å². The molecule has 1 N–H and O–H groups in total. The molecular weight excluding hydrogens is 284 g/mol. The molecule has 118 valence electrons. The van der Waals surface area contributed by atoms with E-state index in [1.54, 1.807) is 12.1 Å². The van der Waals surface area contributed by atoms with Crippen molar-refractivity contribution in [3.8, 4) is 5.75 Å². The molecule has 2 rings (SSSR count). The van der Waals surface area contributed by atoms with Crippen molar-refractivity contribution in [2.45, 2.75) is 39.5 Å². The van der Waals surface area contributed by atoms with Crippen LogP contribution in [-0.4, -0.2) is 6.61 Å². The first-order chi connectivity index (χ1) is 10.5. The number of ether oxygens (including phenoxy) is 1. The maximum absolute atomic E-state index is 12.3. The zero-order valence-corrected chi connectivity index (χ0v) is 13.0. The summed E-state index contributed by atoms with van der Waals surface area (Å²) in [6, 6.07) is 15.2. The Morgan fingerprint density at radius 3 is 2.36 bits per heavy atom. The Balaban J connectivity index is 2.08. The quantitative estimate of drug-likeness (QED) is 0.810. The first-order valence-electron chi connectivity index (χ1n) is 7.33. The van der Waals surface area contributed by atoms with Crippen LogP contribution in [0.5, 0.6) is 5.75 Å². The third kappa shape index (κ3) is 4.28. The van der Waals surface area contributed by atoms with Gasteiger partial charge < -0.3 is 10.1 Å². The van der Waals surface area contributed by atoms with Crippen molar-refractivity contribution in [2.75, 3.05) is 0 Å². The summed E-state index contributed by atoms with van der Waals surface area (Å²) >= 11 is 0. The standard InChI is InChI=1S/C18H21F2NO/c1-12-7-4-5-10-17(12)14(3)21-13(2)15-8-6-9-16(11-15)22-18(19)20/h4-11,13-14,18,21H,1-3H3. The van der Waals surface area contributed by atoms with Crippen molar-refractivity contribution in [1.29, 1.82) is 0 Å². The average Bonchev–Trinajstić information content (AvgIpc) is 2.47. The number of nitrogens with one attached hydrogen (secondary N) is 1. The average molecular weight is 305 g/mol. The van der Waals surface area contributed by atoms with Gasteiger partial charge in [-0.3, -0.25) is 0 Å². The second-order valence-corrected chi connectivity index (χ2v) is 5.42. The number of halogens is 2. The highest BCUT2D eigenvalue weighted by molar-refractivity contribution is 5.32. The van der Waals surface area contributed by atoms with Crippen molar-refractivity contribution in [2.24, 2.45) is 0 Å². The number of aryl methyl sites for hydroxylation is 1. The van der Waals surface area contributed by atoms with Gasteiger partial charge in [-0.25, -0.2) is 0 Å². The van der Waals surface area contributed by atoms with Crippen molar-refractivity contribution in [3.63, 3.8) is 0 Å². The number of benzene rings is 2. The van der Waals surface area contributed by atoms with Crippen LogP contribution in [0.3, 0.4) is 0 Å². The van der Waals surface area contributed by atoms with E-state index >= 15 is 0 Å². The van der Waals surface area contributed by atoms with E-state index < -0.39 is 6.61 Å². The summed E-state index contributed by atoms with van der Waals surface area (Å²) in [6.07, 6.45) is 0. The summed E-state index contributed by atoms with van der Waals surface area (Å²) in [4.78, 5) is 0. The SMILES string of the molecule is Cc1ccccc1C(C)NC(C)c1cccc(OC(F)F)c1. The molecule has 2 unspecified atom stereocenters. The fourth-order valence-corrected chi connectivity index (χ4v) is 2.59. The predicted octanol–water partition coefficient (Wildman–Crippen LogP) is 5.01. The van der Waals surface area contributed by atoms with Crippen LogP contribution in [0.4, 0.5) is 8.78 Å². The fourth-order valence-electron chi connectivity index (χ4n) is 2.59. The summed E-state index contributed by atoms with van der Waals surface area (Å²) in [5, 5.41) is 3.49. The van der Waals surface area contributed by atoms with Gasteiger partial charge in [0.15, 0.2) is 0 Å². The zero-order chi connectivity index (χ0) is 16.1. The topological polar surface area (TPSA) is 21.3 Å². The van der Waals surface area contributed by atoms with Crippen molar-refractivity contribution in [1.82, 2.24) is 5.32 Å². The van der Waals surface area contributed by atoms with Gasteiger partial charge in [0.25, 0.3) is 0 Å². The molecule has 0 heterocycles. The van der Waals surface area contributed by atoms with Crippen LogP contribution < -0.4 is 10.1 Å². The Morgan fingerprint density at radius 1 is 0.955 bits per heavy atom. The lowest BCUT2D eigenvalue weighted by atomic mass is 10.0. The molecule has 0 radical (unpaired) electrons. The lowest BCUT2D eigenvalue weighted by molar-refractivity contribution is -0.0499. The van der Waals surface area contributed by atoms with Crippen LogP contribution in [0.1, 0.15) is 42.6 Å². The summed E-state index contributed by atoms with van der Waals surface area (Å²) in [6.45, 7) is 3.38. The van der Waals surface area contributed by atoms with E-state index in [0.29, 0.717) is 0 Å². The Hall–Kier alpha value is -1.94. The molecule has 2 aromatic rings. The van der Waals surface area contributed by atoms with Crippen molar-refractivity contribution in [3.05, 3.63) is 65.2 Å². The summed E-state index contributed by atoms with van der Waals surface area (Å²) in [7, 11) is 0. The van der Waals surface area contributed by atoms with Gasteiger partial charge in [0, 0.05) is 12.1 Å². The molecular formula is C18H21F2NO. The third-order valence-electron chi connectivity index (χ3n) is 3.74. The van der Waals surface area contributed by atoms with Crippen LogP contribution in [0, 0.1) is 6.92 Å². The molecule has 22 heavy (non-hydrogen) atoms. The Labute approximate surface area is 130 Å². The minimum atomic E-state index is -2.80. The monoisotopic (exact) mass is 305 g/mol. The zero-order valence-electron chi connectivity index (χ0n) is 13.0. The summed E-state index contributed by atoms with van der Waals surface area (Å²) < 4.78 is 29.0. The number of alkyl halides is 2. The summed E-state index contributed by atoms with van der Waals surface area (Å²) in [5.74, 6) is 0.185. The van der Waals surface area contributed by atoms with Crippen molar-refractivity contribution < 1.29 is 13.5 Å². The molecule has 0 saturated carbocycles. The highest BCUT2D eigenvalue weighted by Gasteiger charge is 2.13. The minimum absolute atomic E-state index is 0.0239. The van der Waals surface area contributed by atoms with Crippen LogP contribution in [-0.2, 0) is 0 Å². The molecule has 4 heteroatoms. The molecule has 0 aromatic heterocycles. The first-order valence-corrected chi connectivity index (χ1v) is 7.33. The lowest BCUT2D eigenvalue weighted by Gasteiger charge is -2.22.